The highest BCUT2D eigenvalue weighted by Crippen LogP contribution is 2.24. The Morgan fingerprint density at radius 3 is 2.53 bits per heavy atom. The number of hydrogen-bond donors (Lipinski definition) is 2. The molecule has 0 atom stereocenters. The summed E-state index contributed by atoms with van der Waals surface area (Å²) in [5.41, 5.74) is 10.9. The van der Waals surface area contributed by atoms with Crippen LogP contribution in [0.5, 0.6) is 0 Å². The van der Waals surface area contributed by atoms with Crippen molar-refractivity contribution in [2.24, 2.45) is 0 Å². The molecule has 0 saturated carbocycles. The molecule has 3 heteroatoms. The standard InChI is InChI=1S/C16H15N3/c1-11-9-13(7-8-14(11)17)16-18-10-15(19-16)12-5-3-2-4-6-12/h2-10H,17H2,1H3,(H,18,19). The van der Waals surface area contributed by atoms with Crippen LogP contribution in [0.2, 0.25) is 0 Å². The van der Waals surface area contributed by atoms with E-state index in [0.717, 1.165) is 33.9 Å². The first-order valence-corrected chi connectivity index (χ1v) is 6.21. The molecule has 0 aliphatic rings. The first-order valence-electron chi connectivity index (χ1n) is 6.21. The van der Waals surface area contributed by atoms with Crippen LogP contribution in [-0.2, 0) is 0 Å². The normalized spacial score (nSPS) is 10.6. The van der Waals surface area contributed by atoms with Crippen molar-refractivity contribution < 1.29 is 0 Å². The predicted molar refractivity (Wildman–Crippen MR) is 78.6 cm³/mol. The third kappa shape index (κ3) is 2.22. The molecule has 0 aliphatic carbocycles. The van der Waals surface area contributed by atoms with E-state index in [9.17, 15) is 0 Å². The van der Waals surface area contributed by atoms with Crippen molar-refractivity contribution in [2.75, 3.05) is 5.73 Å². The Labute approximate surface area is 112 Å². The van der Waals surface area contributed by atoms with Crippen LogP contribution in [0.4, 0.5) is 5.69 Å². The number of anilines is 1. The first-order chi connectivity index (χ1) is 9.24. The Balaban J connectivity index is 1.99. The number of H-pyrrole nitrogens is 1. The van der Waals surface area contributed by atoms with E-state index >= 15 is 0 Å². The summed E-state index contributed by atoms with van der Waals surface area (Å²) in [4.78, 5) is 7.78. The summed E-state index contributed by atoms with van der Waals surface area (Å²) in [7, 11) is 0. The van der Waals surface area contributed by atoms with Gasteiger partial charge in [0.15, 0.2) is 0 Å². The van der Waals surface area contributed by atoms with Crippen LogP contribution in [0.25, 0.3) is 22.6 Å². The molecular weight excluding hydrogens is 234 g/mol. The second-order valence-electron chi connectivity index (χ2n) is 4.58. The van der Waals surface area contributed by atoms with Crippen molar-refractivity contribution >= 4 is 5.69 Å². The molecule has 1 aromatic heterocycles. The number of aromatic amines is 1. The van der Waals surface area contributed by atoms with E-state index in [1.165, 1.54) is 0 Å². The lowest BCUT2D eigenvalue weighted by Crippen LogP contribution is -1.90. The lowest BCUT2D eigenvalue weighted by molar-refractivity contribution is 1.30. The minimum Gasteiger partial charge on any atom is -0.399 e. The number of aromatic nitrogens is 2. The largest absolute Gasteiger partial charge is 0.399 e. The zero-order valence-electron chi connectivity index (χ0n) is 10.7. The Morgan fingerprint density at radius 2 is 1.79 bits per heavy atom. The SMILES string of the molecule is Cc1cc(-c2ncc(-c3ccccc3)[nH]2)ccc1N. The molecule has 0 spiro atoms. The van der Waals surface area contributed by atoms with Gasteiger partial charge in [0.05, 0.1) is 11.9 Å². The highest BCUT2D eigenvalue weighted by Gasteiger charge is 2.06. The number of rotatable bonds is 2. The number of imidazole rings is 1. The molecule has 0 saturated heterocycles. The summed E-state index contributed by atoms with van der Waals surface area (Å²) in [6.07, 6.45) is 1.86. The Bertz CT molecular complexity index is 699. The summed E-state index contributed by atoms with van der Waals surface area (Å²) in [5.74, 6) is 0.863. The lowest BCUT2D eigenvalue weighted by Gasteiger charge is -2.02. The average molecular weight is 249 g/mol. The van der Waals surface area contributed by atoms with Gasteiger partial charge in [-0.2, -0.15) is 0 Å². The van der Waals surface area contributed by atoms with Crippen LogP contribution in [0.3, 0.4) is 0 Å². The summed E-state index contributed by atoms with van der Waals surface area (Å²) in [6.45, 7) is 2.00. The average Bonchev–Trinajstić information content (AvgIpc) is 2.93. The van der Waals surface area contributed by atoms with E-state index in [4.69, 9.17) is 5.73 Å². The van der Waals surface area contributed by atoms with E-state index in [0.29, 0.717) is 0 Å². The fraction of sp³-hybridized carbons (Fsp3) is 0.0625. The van der Waals surface area contributed by atoms with Crippen molar-refractivity contribution in [2.45, 2.75) is 6.92 Å². The second-order valence-corrected chi connectivity index (χ2v) is 4.58. The number of hydrogen-bond acceptors (Lipinski definition) is 2. The van der Waals surface area contributed by atoms with E-state index in [-0.39, 0.29) is 0 Å². The predicted octanol–water partition coefficient (Wildman–Crippen LogP) is 3.63. The van der Waals surface area contributed by atoms with Crippen molar-refractivity contribution in [1.29, 1.82) is 0 Å². The van der Waals surface area contributed by atoms with Gasteiger partial charge in [-0.15, -0.1) is 0 Å². The molecule has 3 nitrogen and oxygen atoms in total. The number of nitrogens with one attached hydrogen (secondary N) is 1. The van der Waals surface area contributed by atoms with Gasteiger partial charge in [-0.1, -0.05) is 30.3 Å². The molecule has 0 amide bonds. The maximum Gasteiger partial charge on any atom is 0.137 e. The van der Waals surface area contributed by atoms with Crippen LogP contribution in [0.1, 0.15) is 5.56 Å². The second kappa shape index (κ2) is 4.61. The molecule has 94 valence electrons. The molecule has 1 heterocycles. The van der Waals surface area contributed by atoms with Crippen LogP contribution in [-0.4, -0.2) is 9.97 Å². The van der Waals surface area contributed by atoms with Crippen molar-refractivity contribution in [3.05, 3.63) is 60.3 Å². The van der Waals surface area contributed by atoms with Crippen LogP contribution >= 0.6 is 0 Å². The highest BCUT2D eigenvalue weighted by atomic mass is 14.9. The minimum atomic E-state index is 0.804. The number of benzene rings is 2. The Hall–Kier alpha value is -2.55. The minimum absolute atomic E-state index is 0.804. The van der Waals surface area contributed by atoms with E-state index in [2.05, 4.69) is 22.1 Å². The van der Waals surface area contributed by atoms with Crippen molar-refractivity contribution in [1.82, 2.24) is 9.97 Å². The highest BCUT2D eigenvalue weighted by molar-refractivity contribution is 5.66. The third-order valence-electron chi connectivity index (χ3n) is 3.20. The van der Waals surface area contributed by atoms with Gasteiger partial charge < -0.3 is 10.7 Å². The molecule has 3 rings (SSSR count). The maximum absolute atomic E-state index is 5.83. The van der Waals surface area contributed by atoms with Gasteiger partial charge in [-0.05, 0) is 36.2 Å². The molecule has 19 heavy (non-hydrogen) atoms. The van der Waals surface area contributed by atoms with Gasteiger partial charge >= 0.3 is 0 Å². The van der Waals surface area contributed by atoms with E-state index < -0.39 is 0 Å². The smallest absolute Gasteiger partial charge is 0.137 e. The fourth-order valence-electron chi connectivity index (χ4n) is 2.06. The van der Waals surface area contributed by atoms with Gasteiger partial charge in [0.25, 0.3) is 0 Å². The lowest BCUT2D eigenvalue weighted by atomic mass is 10.1. The maximum atomic E-state index is 5.83. The van der Waals surface area contributed by atoms with Crippen LogP contribution in [0.15, 0.2) is 54.7 Å². The molecule has 2 aromatic carbocycles. The number of nitrogens with zero attached hydrogens (tertiary/aromatic N) is 1. The molecule has 3 N–H and O–H groups in total. The topological polar surface area (TPSA) is 54.7 Å². The van der Waals surface area contributed by atoms with Crippen LogP contribution < -0.4 is 5.73 Å². The van der Waals surface area contributed by atoms with E-state index in [1.54, 1.807) is 0 Å². The van der Waals surface area contributed by atoms with Gasteiger partial charge in [-0.3, -0.25) is 0 Å². The summed E-state index contributed by atoms with van der Waals surface area (Å²) in [5, 5.41) is 0. The molecule has 0 radical (unpaired) electrons. The molecular formula is C16H15N3. The van der Waals surface area contributed by atoms with Gasteiger partial charge in [0, 0.05) is 11.3 Å². The Kier molecular flexibility index (Phi) is 2.80. The first kappa shape index (κ1) is 11.5. The monoisotopic (exact) mass is 249 g/mol. The molecule has 0 fully saturated rings. The zero-order chi connectivity index (χ0) is 13.2. The molecule has 0 unspecified atom stereocenters. The van der Waals surface area contributed by atoms with Gasteiger partial charge in [-0.25, -0.2) is 4.98 Å². The molecule has 0 bridgehead atoms. The fourth-order valence-corrected chi connectivity index (χ4v) is 2.06. The Morgan fingerprint density at radius 1 is 1.00 bits per heavy atom. The molecule has 3 aromatic rings. The summed E-state index contributed by atoms with van der Waals surface area (Å²) >= 11 is 0. The molecule has 0 aliphatic heterocycles. The van der Waals surface area contributed by atoms with E-state index in [1.807, 2.05) is 49.5 Å². The third-order valence-corrected chi connectivity index (χ3v) is 3.20. The zero-order valence-corrected chi connectivity index (χ0v) is 10.7. The number of aryl methyl sites for hydroxylation is 1. The summed E-state index contributed by atoms with van der Waals surface area (Å²) < 4.78 is 0. The van der Waals surface area contributed by atoms with Gasteiger partial charge in [0.1, 0.15) is 5.82 Å². The van der Waals surface area contributed by atoms with Crippen molar-refractivity contribution in [3.8, 4) is 22.6 Å². The quantitative estimate of drug-likeness (QED) is 0.681. The van der Waals surface area contributed by atoms with Crippen LogP contribution in [0, 0.1) is 6.92 Å². The number of nitrogens with two attached hydrogens (primary N) is 1. The van der Waals surface area contributed by atoms with Gasteiger partial charge in [0.2, 0.25) is 0 Å². The number of nitrogen functional groups attached to an aromatic ring is 1. The van der Waals surface area contributed by atoms with Crippen molar-refractivity contribution in [3.63, 3.8) is 0 Å². The summed E-state index contributed by atoms with van der Waals surface area (Å²) in [6, 6.07) is 16.1.